The van der Waals surface area contributed by atoms with Gasteiger partial charge in [-0.1, -0.05) is 17.7 Å². The maximum absolute atomic E-state index is 6.12. The van der Waals surface area contributed by atoms with Crippen LogP contribution in [0.2, 0.25) is 5.15 Å². The SMILES string of the molecule is Cc1cccc(-c2nc(Cl)c3ccsc3n2)n1. The third kappa shape index (κ3) is 1.90. The van der Waals surface area contributed by atoms with Gasteiger partial charge >= 0.3 is 0 Å². The van der Waals surface area contributed by atoms with Crippen molar-refractivity contribution >= 4 is 33.2 Å². The van der Waals surface area contributed by atoms with Crippen molar-refractivity contribution in [1.82, 2.24) is 15.0 Å². The first-order chi connectivity index (χ1) is 8.24. The minimum atomic E-state index is 0.481. The topological polar surface area (TPSA) is 38.7 Å². The van der Waals surface area contributed by atoms with Crippen LogP contribution < -0.4 is 0 Å². The first-order valence-electron chi connectivity index (χ1n) is 5.09. The number of hydrogen-bond acceptors (Lipinski definition) is 4. The van der Waals surface area contributed by atoms with Gasteiger partial charge in [-0.3, -0.25) is 0 Å². The molecule has 0 aromatic carbocycles. The van der Waals surface area contributed by atoms with E-state index in [0.717, 1.165) is 21.6 Å². The molecule has 3 aromatic rings. The summed E-state index contributed by atoms with van der Waals surface area (Å²) in [4.78, 5) is 14.0. The Morgan fingerprint density at radius 1 is 1.12 bits per heavy atom. The van der Waals surface area contributed by atoms with Gasteiger partial charge in [0.2, 0.25) is 0 Å². The van der Waals surface area contributed by atoms with Crippen LogP contribution in [0.1, 0.15) is 5.69 Å². The predicted octanol–water partition coefficient (Wildman–Crippen LogP) is 3.72. The highest BCUT2D eigenvalue weighted by Gasteiger charge is 2.09. The lowest BCUT2D eigenvalue weighted by molar-refractivity contribution is 1.14. The summed E-state index contributed by atoms with van der Waals surface area (Å²) in [5.41, 5.74) is 1.69. The van der Waals surface area contributed by atoms with Gasteiger partial charge in [-0.25, -0.2) is 15.0 Å². The number of rotatable bonds is 1. The molecule has 0 radical (unpaired) electrons. The van der Waals surface area contributed by atoms with E-state index >= 15 is 0 Å². The first-order valence-corrected chi connectivity index (χ1v) is 6.34. The Bertz CT molecular complexity index is 693. The van der Waals surface area contributed by atoms with Crippen molar-refractivity contribution in [3.63, 3.8) is 0 Å². The van der Waals surface area contributed by atoms with Gasteiger partial charge in [-0.15, -0.1) is 11.3 Å². The maximum atomic E-state index is 6.12. The minimum Gasteiger partial charge on any atom is -0.250 e. The number of fused-ring (bicyclic) bond motifs is 1. The minimum absolute atomic E-state index is 0.481. The molecule has 0 amide bonds. The zero-order valence-electron chi connectivity index (χ0n) is 9.01. The number of halogens is 1. The molecule has 0 atom stereocenters. The van der Waals surface area contributed by atoms with Gasteiger partial charge < -0.3 is 0 Å². The molecule has 0 bridgehead atoms. The molecule has 0 unspecified atom stereocenters. The largest absolute Gasteiger partial charge is 0.250 e. The van der Waals surface area contributed by atoms with Crippen LogP contribution in [0.4, 0.5) is 0 Å². The Labute approximate surface area is 107 Å². The Morgan fingerprint density at radius 2 is 2.00 bits per heavy atom. The molecule has 0 saturated heterocycles. The zero-order valence-corrected chi connectivity index (χ0v) is 10.6. The van der Waals surface area contributed by atoms with Crippen molar-refractivity contribution in [3.05, 3.63) is 40.5 Å². The van der Waals surface area contributed by atoms with Crippen LogP contribution in [0.15, 0.2) is 29.6 Å². The van der Waals surface area contributed by atoms with Gasteiger partial charge in [0.15, 0.2) is 5.82 Å². The van der Waals surface area contributed by atoms with Crippen LogP contribution in [-0.2, 0) is 0 Å². The number of pyridine rings is 1. The number of thiophene rings is 1. The van der Waals surface area contributed by atoms with E-state index in [-0.39, 0.29) is 0 Å². The van der Waals surface area contributed by atoms with Crippen LogP contribution in [0.3, 0.4) is 0 Å². The van der Waals surface area contributed by atoms with Gasteiger partial charge in [0.05, 0.1) is 0 Å². The lowest BCUT2D eigenvalue weighted by Gasteiger charge is -2.01. The van der Waals surface area contributed by atoms with E-state index in [0.29, 0.717) is 11.0 Å². The number of aromatic nitrogens is 3. The summed E-state index contributed by atoms with van der Waals surface area (Å²) in [5.74, 6) is 0.577. The van der Waals surface area contributed by atoms with Gasteiger partial charge in [0, 0.05) is 11.1 Å². The fourth-order valence-corrected chi connectivity index (χ4v) is 2.65. The van der Waals surface area contributed by atoms with Crippen molar-refractivity contribution in [2.75, 3.05) is 0 Å². The van der Waals surface area contributed by atoms with E-state index in [2.05, 4.69) is 15.0 Å². The summed E-state index contributed by atoms with van der Waals surface area (Å²) >= 11 is 7.67. The van der Waals surface area contributed by atoms with Crippen LogP contribution in [-0.4, -0.2) is 15.0 Å². The summed E-state index contributed by atoms with van der Waals surface area (Å²) in [7, 11) is 0. The summed E-state index contributed by atoms with van der Waals surface area (Å²) in [6.45, 7) is 1.94. The first kappa shape index (κ1) is 10.6. The van der Waals surface area contributed by atoms with Crippen molar-refractivity contribution in [2.45, 2.75) is 6.92 Å². The molecule has 3 aromatic heterocycles. The van der Waals surface area contributed by atoms with Gasteiger partial charge in [-0.2, -0.15) is 0 Å². The molecule has 0 spiro atoms. The average Bonchev–Trinajstić information content (AvgIpc) is 2.77. The highest BCUT2D eigenvalue weighted by atomic mass is 35.5. The molecule has 0 fully saturated rings. The van der Waals surface area contributed by atoms with E-state index < -0.39 is 0 Å². The molecule has 3 rings (SSSR count). The molecular formula is C12H8ClN3S. The third-order valence-corrected chi connectivity index (χ3v) is 3.49. The van der Waals surface area contributed by atoms with Crippen molar-refractivity contribution in [2.24, 2.45) is 0 Å². The molecule has 84 valence electrons. The zero-order chi connectivity index (χ0) is 11.8. The average molecular weight is 262 g/mol. The molecule has 0 saturated carbocycles. The van der Waals surface area contributed by atoms with Crippen molar-refractivity contribution in [3.8, 4) is 11.5 Å². The summed E-state index contributed by atoms with van der Waals surface area (Å²) in [6.07, 6.45) is 0. The van der Waals surface area contributed by atoms with E-state index in [1.54, 1.807) is 11.3 Å². The Kier molecular flexibility index (Phi) is 2.53. The fourth-order valence-electron chi connectivity index (χ4n) is 1.60. The molecule has 17 heavy (non-hydrogen) atoms. The normalized spacial score (nSPS) is 10.9. The van der Waals surface area contributed by atoms with Crippen LogP contribution in [0.5, 0.6) is 0 Å². The summed E-state index contributed by atoms with van der Waals surface area (Å²) in [6, 6.07) is 7.69. The lowest BCUT2D eigenvalue weighted by atomic mass is 10.3. The summed E-state index contributed by atoms with van der Waals surface area (Å²) in [5, 5.41) is 3.33. The second kappa shape index (κ2) is 4.05. The smallest absolute Gasteiger partial charge is 0.180 e. The number of hydrogen-bond donors (Lipinski definition) is 0. The molecule has 0 aliphatic carbocycles. The van der Waals surface area contributed by atoms with Crippen LogP contribution >= 0.6 is 22.9 Å². The van der Waals surface area contributed by atoms with Gasteiger partial charge in [0.1, 0.15) is 15.7 Å². The van der Waals surface area contributed by atoms with E-state index in [4.69, 9.17) is 11.6 Å². The summed E-state index contributed by atoms with van der Waals surface area (Å²) < 4.78 is 0. The van der Waals surface area contributed by atoms with Crippen molar-refractivity contribution < 1.29 is 0 Å². The van der Waals surface area contributed by atoms with E-state index in [1.807, 2.05) is 36.6 Å². The number of nitrogens with zero attached hydrogens (tertiary/aromatic N) is 3. The Morgan fingerprint density at radius 3 is 2.82 bits per heavy atom. The van der Waals surface area contributed by atoms with Gasteiger partial charge in [0.25, 0.3) is 0 Å². The van der Waals surface area contributed by atoms with Crippen molar-refractivity contribution in [1.29, 1.82) is 0 Å². The molecule has 0 N–H and O–H groups in total. The van der Waals surface area contributed by atoms with E-state index in [1.165, 1.54) is 0 Å². The second-order valence-electron chi connectivity index (χ2n) is 3.64. The third-order valence-electron chi connectivity index (χ3n) is 2.40. The molecule has 5 heteroatoms. The molecule has 3 heterocycles. The van der Waals surface area contributed by atoms with E-state index in [9.17, 15) is 0 Å². The maximum Gasteiger partial charge on any atom is 0.180 e. The standard InChI is InChI=1S/C12H8ClN3S/c1-7-3-2-4-9(14-7)11-15-10(13)8-5-6-17-12(8)16-11/h2-6H,1H3. The Hall–Kier alpha value is -1.52. The fraction of sp³-hybridized carbons (Fsp3) is 0.0833. The molecule has 0 aliphatic rings. The second-order valence-corrected chi connectivity index (χ2v) is 4.89. The predicted molar refractivity (Wildman–Crippen MR) is 70.4 cm³/mol. The quantitative estimate of drug-likeness (QED) is 0.627. The highest BCUT2D eigenvalue weighted by molar-refractivity contribution is 7.16. The Balaban J connectivity index is 2.23. The molecule has 0 aliphatic heterocycles. The van der Waals surface area contributed by atoms with Crippen LogP contribution in [0.25, 0.3) is 21.7 Å². The van der Waals surface area contributed by atoms with Gasteiger partial charge in [-0.05, 0) is 30.5 Å². The lowest BCUT2D eigenvalue weighted by Crippen LogP contribution is -1.93. The monoisotopic (exact) mass is 261 g/mol. The molecule has 3 nitrogen and oxygen atoms in total. The number of aryl methyl sites for hydroxylation is 1. The molecular weight excluding hydrogens is 254 g/mol. The highest BCUT2D eigenvalue weighted by Crippen LogP contribution is 2.27. The van der Waals surface area contributed by atoms with Crippen LogP contribution in [0, 0.1) is 6.92 Å².